The molecule has 110 valence electrons. The van der Waals surface area contributed by atoms with E-state index >= 15 is 0 Å². The third-order valence-electron chi connectivity index (χ3n) is 2.82. The SMILES string of the molecule is O=[N+]([O-])c1ccc(-c2nnc(SCc3cccnc3)o2)cc1. The lowest BCUT2D eigenvalue weighted by molar-refractivity contribution is -0.384. The number of nitro groups is 1. The summed E-state index contributed by atoms with van der Waals surface area (Å²) in [5.41, 5.74) is 1.73. The zero-order chi connectivity index (χ0) is 15.4. The Morgan fingerprint density at radius 3 is 2.68 bits per heavy atom. The number of hydrogen-bond donors (Lipinski definition) is 0. The van der Waals surface area contributed by atoms with Crippen LogP contribution in [0.25, 0.3) is 11.5 Å². The molecule has 3 rings (SSSR count). The van der Waals surface area contributed by atoms with Crippen molar-refractivity contribution < 1.29 is 9.34 Å². The highest BCUT2D eigenvalue weighted by molar-refractivity contribution is 7.98. The number of rotatable bonds is 5. The van der Waals surface area contributed by atoms with Crippen molar-refractivity contribution in [3.05, 3.63) is 64.5 Å². The van der Waals surface area contributed by atoms with Gasteiger partial charge in [-0.1, -0.05) is 17.8 Å². The van der Waals surface area contributed by atoms with E-state index < -0.39 is 4.92 Å². The molecule has 0 aliphatic rings. The summed E-state index contributed by atoms with van der Waals surface area (Å²) in [4.78, 5) is 14.2. The highest BCUT2D eigenvalue weighted by Crippen LogP contribution is 2.26. The maximum absolute atomic E-state index is 10.6. The average molecular weight is 314 g/mol. The van der Waals surface area contributed by atoms with E-state index in [4.69, 9.17) is 4.42 Å². The van der Waals surface area contributed by atoms with Crippen molar-refractivity contribution >= 4 is 17.4 Å². The van der Waals surface area contributed by atoms with Gasteiger partial charge in [0.25, 0.3) is 10.9 Å². The number of non-ortho nitro benzene ring substituents is 1. The van der Waals surface area contributed by atoms with Gasteiger partial charge in [-0.3, -0.25) is 15.1 Å². The second-order valence-corrected chi connectivity index (χ2v) is 5.25. The lowest BCUT2D eigenvalue weighted by Crippen LogP contribution is -1.87. The number of thioether (sulfide) groups is 1. The number of aromatic nitrogens is 3. The van der Waals surface area contributed by atoms with E-state index in [2.05, 4.69) is 15.2 Å². The van der Waals surface area contributed by atoms with E-state index in [1.807, 2.05) is 12.1 Å². The van der Waals surface area contributed by atoms with E-state index in [9.17, 15) is 10.1 Å². The van der Waals surface area contributed by atoms with Gasteiger partial charge in [-0.15, -0.1) is 10.2 Å². The summed E-state index contributed by atoms with van der Waals surface area (Å²) in [5, 5.41) is 19.0. The number of nitro benzene ring substituents is 1. The molecule has 0 amide bonds. The fourth-order valence-corrected chi connectivity index (χ4v) is 2.44. The van der Waals surface area contributed by atoms with Crippen LogP contribution >= 0.6 is 11.8 Å². The molecule has 0 unspecified atom stereocenters. The normalized spacial score (nSPS) is 10.5. The van der Waals surface area contributed by atoms with Crippen LogP contribution in [0.5, 0.6) is 0 Å². The lowest BCUT2D eigenvalue weighted by Gasteiger charge is -1.96. The van der Waals surface area contributed by atoms with Crippen molar-refractivity contribution in [1.82, 2.24) is 15.2 Å². The number of pyridine rings is 1. The molecular weight excluding hydrogens is 304 g/mol. The van der Waals surface area contributed by atoms with Gasteiger partial charge < -0.3 is 4.42 Å². The minimum atomic E-state index is -0.452. The first-order valence-electron chi connectivity index (χ1n) is 6.32. The fraction of sp³-hybridized carbons (Fsp3) is 0.0714. The standard InChI is InChI=1S/C14H10N4O3S/c19-18(20)12-5-3-11(4-6-12)13-16-17-14(21-13)22-9-10-2-1-7-15-8-10/h1-8H,9H2. The molecule has 3 aromatic rings. The van der Waals surface area contributed by atoms with Crippen molar-refractivity contribution in [2.45, 2.75) is 11.0 Å². The van der Waals surface area contributed by atoms with Crippen LogP contribution < -0.4 is 0 Å². The molecule has 8 heteroatoms. The van der Waals surface area contributed by atoms with Gasteiger partial charge in [-0.05, 0) is 23.8 Å². The Balaban J connectivity index is 1.69. The van der Waals surface area contributed by atoms with Crippen molar-refractivity contribution in [3.8, 4) is 11.5 Å². The molecular formula is C14H10N4O3S. The highest BCUT2D eigenvalue weighted by Gasteiger charge is 2.11. The molecule has 0 bridgehead atoms. The maximum atomic E-state index is 10.6. The molecule has 22 heavy (non-hydrogen) atoms. The average Bonchev–Trinajstić information content (AvgIpc) is 3.03. The molecule has 0 aliphatic carbocycles. The lowest BCUT2D eigenvalue weighted by atomic mass is 10.2. The van der Waals surface area contributed by atoms with Crippen LogP contribution in [-0.2, 0) is 5.75 Å². The first kappa shape index (κ1) is 14.2. The Labute approximate surface area is 129 Å². The van der Waals surface area contributed by atoms with Crippen molar-refractivity contribution in [2.75, 3.05) is 0 Å². The molecule has 0 saturated carbocycles. The van der Waals surface area contributed by atoms with Gasteiger partial charge in [-0.2, -0.15) is 0 Å². The van der Waals surface area contributed by atoms with E-state index in [-0.39, 0.29) is 5.69 Å². The van der Waals surface area contributed by atoms with E-state index in [1.165, 1.54) is 23.9 Å². The second kappa shape index (κ2) is 6.35. The number of nitrogens with zero attached hydrogens (tertiary/aromatic N) is 4. The highest BCUT2D eigenvalue weighted by atomic mass is 32.2. The summed E-state index contributed by atoms with van der Waals surface area (Å²) >= 11 is 1.41. The molecule has 0 radical (unpaired) electrons. The minimum absolute atomic E-state index is 0.0226. The molecule has 1 aromatic carbocycles. The van der Waals surface area contributed by atoms with Crippen LogP contribution in [-0.4, -0.2) is 20.1 Å². The predicted octanol–water partition coefficient (Wildman–Crippen LogP) is 3.33. The Morgan fingerprint density at radius 2 is 2.00 bits per heavy atom. The fourth-order valence-electron chi connectivity index (χ4n) is 1.74. The molecule has 0 saturated heterocycles. The van der Waals surface area contributed by atoms with Crippen LogP contribution in [0, 0.1) is 10.1 Å². The largest absolute Gasteiger partial charge is 0.411 e. The predicted molar refractivity (Wildman–Crippen MR) is 80.2 cm³/mol. The van der Waals surface area contributed by atoms with Crippen LogP contribution in [0.15, 0.2) is 58.4 Å². The molecule has 2 heterocycles. The zero-order valence-corrected chi connectivity index (χ0v) is 12.1. The van der Waals surface area contributed by atoms with Crippen LogP contribution in [0.4, 0.5) is 5.69 Å². The summed E-state index contributed by atoms with van der Waals surface area (Å²) in [6, 6.07) is 9.81. The molecule has 2 aromatic heterocycles. The van der Waals surface area contributed by atoms with Crippen LogP contribution in [0.1, 0.15) is 5.56 Å². The molecule has 0 spiro atoms. The van der Waals surface area contributed by atoms with Gasteiger partial charge in [0.2, 0.25) is 5.89 Å². The van der Waals surface area contributed by atoms with Gasteiger partial charge in [0.05, 0.1) is 4.92 Å². The number of benzene rings is 1. The Hall–Kier alpha value is -2.74. The maximum Gasteiger partial charge on any atom is 0.277 e. The van der Waals surface area contributed by atoms with Gasteiger partial charge in [0.15, 0.2) is 0 Å². The first-order valence-corrected chi connectivity index (χ1v) is 7.31. The van der Waals surface area contributed by atoms with E-state index in [1.54, 1.807) is 24.5 Å². The van der Waals surface area contributed by atoms with Crippen LogP contribution in [0.3, 0.4) is 0 Å². The monoisotopic (exact) mass is 314 g/mol. The Morgan fingerprint density at radius 1 is 1.18 bits per heavy atom. The van der Waals surface area contributed by atoms with Gasteiger partial charge >= 0.3 is 0 Å². The Bertz CT molecular complexity index is 774. The third-order valence-corrected chi connectivity index (χ3v) is 3.71. The summed E-state index contributed by atoms with van der Waals surface area (Å²) < 4.78 is 5.54. The van der Waals surface area contributed by atoms with Crippen LogP contribution in [0.2, 0.25) is 0 Å². The first-order chi connectivity index (χ1) is 10.7. The van der Waals surface area contributed by atoms with Gasteiger partial charge in [0.1, 0.15) is 0 Å². The summed E-state index contributed by atoms with van der Waals surface area (Å²) in [6.07, 6.45) is 3.49. The topological polar surface area (TPSA) is 95.0 Å². The van der Waals surface area contributed by atoms with E-state index in [0.29, 0.717) is 22.4 Å². The number of hydrogen-bond acceptors (Lipinski definition) is 7. The van der Waals surface area contributed by atoms with Crippen molar-refractivity contribution in [2.24, 2.45) is 0 Å². The quantitative estimate of drug-likeness (QED) is 0.405. The summed E-state index contributed by atoms with van der Waals surface area (Å²) in [7, 11) is 0. The molecule has 0 fully saturated rings. The minimum Gasteiger partial charge on any atom is -0.411 e. The molecule has 7 nitrogen and oxygen atoms in total. The summed E-state index contributed by atoms with van der Waals surface area (Å²) in [6.45, 7) is 0. The van der Waals surface area contributed by atoms with Gasteiger partial charge in [-0.25, -0.2) is 0 Å². The van der Waals surface area contributed by atoms with Gasteiger partial charge in [0, 0.05) is 35.8 Å². The third kappa shape index (κ3) is 3.29. The Kier molecular flexibility index (Phi) is 4.10. The molecule has 0 aliphatic heterocycles. The van der Waals surface area contributed by atoms with Crippen molar-refractivity contribution in [1.29, 1.82) is 0 Å². The molecule has 0 N–H and O–H groups in total. The second-order valence-electron chi connectivity index (χ2n) is 4.33. The van der Waals surface area contributed by atoms with E-state index in [0.717, 1.165) is 5.56 Å². The smallest absolute Gasteiger partial charge is 0.277 e. The molecule has 0 atom stereocenters. The summed E-state index contributed by atoms with van der Waals surface area (Å²) in [5.74, 6) is 1.01. The van der Waals surface area contributed by atoms with Crippen molar-refractivity contribution in [3.63, 3.8) is 0 Å². The zero-order valence-electron chi connectivity index (χ0n) is 11.2.